The first-order valence-electron chi connectivity index (χ1n) is 4.17. The van der Waals surface area contributed by atoms with E-state index in [1.54, 1.807) is 11.8 Å². The second-order valence-electron chi connectivity index (χ2n) is 2.94. The number of hydrogen-bond donors (Lipinski definition) is 2. The SMILES string of the molecule is CSCC(C)Nc1nc(Cl)ncc1N. The average molecular weight is 233 g/mol. The van der Waals surface area contributed by atoms with Crippen molar-refractivity contribution in [3.63, 3.8) is 0 Å². The van der Waals surface area contributed by atoms with Gasteiger partial charge in [-0.1, -0.05) is 0 Å². The molecular formula is C8H13ClN4S. The average Bonchev–Trinajstić information content (AvgIpc) is 2.12. The lowest BCUT2D eigenvalue weighted by Gasteiger charge is -2.14. The molecule has 0 spiro atoms. The molecule has 14 heavy (non-hydrogen) atoms. The number of nitrogens with two attached hydrogens (primary N) is 1. The maximum Gasteiger partial charge on any atom is 0.224 e. The summed E-state index contributed by atoms with van der Waals surface area (Å²) in [6.45, 7) is 2.06. The van der Waals surface area contributed by atoms with Gasteiger partial charge in [-0.15, -0.1) is 0 Å². The van der Waals surface area contributed by atoms with Crippen LogP contribution in [0.2, 0.25) is 5.28 Å². The lowest BCUT2D eigenvalue weighted by Crippen LogP contribution is -2.19. The molecular weight excluding hydrogens is 220 g/mol. The number of halogens is 1. The second-order valence-corrected chi connectivity index (χ2v) is 4.19. The molecule has 1 aromatic heterocycles. The van der Waals surface area contributed by atoms with E-state index >= 15 is 0 Å². The monoisotopic (exact) mass is 232 g/mol. The molecule has 4 nitrogen and oxygen atoms in total. The number of nitrogens with one attached hydrogen (secondary N) is 1. The van der Waals surface area contributed by atoms with Crippen molar-refractivity contribution in [2.45, 2.75) is 13.0 Å². The van der Waals surface area contributed by atoms with Gasteiger partial charge in [0.25, 0.3) is 0 Å². The molecule has 1 rings (SSSR count). The molecule has 0 amide bonds. The molecule has 1 heterocycles. The van der Waals surface area contributed by atoms with Crippen LogP contribution in [0.4, 0.5) is 11.5 Å². The molecule has 3 N–H and O–H groups in total. The summed E-state index contributed by atoms with van der Waals surface area (Å²) in [4.78, 5) is 7.78. The topological polar surface area (TPSA) is 63.8 Å². The quantitative estimate of drug-likeness (QED) is 0.777. The Bertz CT molecular complexity index is 307. The van der Waals surface area contributed by atoms with Crippen molar-refractivity contribution < 1.29 is 0 Å². The number of hydrogen-bond acceptors (Lipinski definition) is 5. The minimum atomic E-state index is 0.207. The summed E-state index contributed by atoms with van der Waals surface area (Å²) in [6.07, 6.45) is 3.55. The number of thioether (sulfide) groups is 1. The lowest BCUT2D eigenvalue weighted by atomic mass is 10.3. The van der Waals surface area contributed by atoms with Gasteiger partial charge in [0.1, 0.15) is 0 Å². The van der Waals surface area contributed by atoms with Crippen molar-refractivity contribution in [2.75, 3.05) is 23.1 Å². The molecule has 0 radical (unpaired) electrons. The molecule has 0 saturated heterocycles. The zero-order valence-corrected chi connectivity index (χ0v) is 9.69. The Labute approximate surface area is 92.6 Å². The molecule has 0 aromatic carbocycles. The number of anilines is 2. The van der Waals surface area contributed by atoms with Crippen LogP contribution < -0.4 is 11.1 Å². The van der Waals surface area contributed by atoms with E-state index in [-0.39, 0.29) is 5.28 Å². The zero-order chi connectivity index (χ0) is 10.6. The van der Waals surface area contributed by atoms with E-state index in [1.165, 1.54) is 6.20 Å². The van der Waals surface area contributed by atoms with Crippen LogP contribution in [0.1, 0.15) is 6.92 Å². The van der Waals surface area contributed by atoms with Crippen molar-refractivity contribution in [1.82, 2.24) is 9.97 Å². The fraction of sp³-hybridized carbons (Fsp3) is 0.500. The van der Waals surface area contributed by atoms with Gasteiger partial charge in [-0.2, -0.15) is 16.7 Å². The van der Waals surface area contributed by atoms with Gasteiger partial charge in [-0.3, -0.25) is 0 Å². The van der Waals surface area contributed by atoms with E-state index in [1.807, 2.05) is 0 Å². The normalized spacial score (nSPS) is 12.5. The van der Waals surface area contributed by atoms with Crippen LogP contribution in [0, 0.1) is 0 Å². The summed E-state index contributed by atoms with van der Waals surface area (Å²) in [5.74, 6) is 1.59. The van der Waals surface area contributed by atoms with Crippen LogP contribution in [0.25, 0.3) is 0 Å². The fourth-order valence-corrected chi connectivity index (χ4v) is 1.73. The maximum absolute atomic E-state index is 5.68. The summed E-state index contributed by atoms with van der Waals surface area (Å²) in [7, 11) is 0. The van der Waals surface area contributed by atoms with E-state index in [2.05, 4.69) is 28.5 Å². The third kappa shape index (κ3) is 3.23. The number of nitrogens with zero attached hydrogens (tertiary/aromatic N) is 2. The smallest absolute Gasteiger partial charge is 0.224 e. The molecule has 1 aromatic rings. The van der Waals surface area contributed by atoms with E-state index in [4.69, 9.17) is 17.3 Å². The van der Waals surface area contributed by atoms with Gasteiger partial charge in [0.2, 0.25) is 5.28 Å². The Hall–Kier alpha value is -0.680. The molecule has 0 aliphatic rings. The van der Waals surface area contributed by atoms with Crippen LogP contribution in [-0.2, 0) is 0 Å². The van der Waals surface area contributed by atoms with E-state index < -0.39 is 0 Å². The predicted octanol–water partition coefficient (Wildman–Crippen LogP) is 1.88. The van der Waals surface area contributed by atoms with Gasteiger partial charge < -0.3 is 11.1 Å². The Morgan fingerprint density at radius 2 is 2.43 bits per heavy atom. The zero-order valence-electron chi connectivity index (χ0n) is 8.12. The molecule has 0 fully saturated rings. The lowest BCUT2D eigenvalue weighted by molar-refractivity contribution is 0.901. The van der Waals surface area contributed by atoms with Crippen molar-refractivity contribution in [1.29, 1.82) is 0 Å². The van der Waals surface area contributed by atoms with Crippen molar-refractivity contribution >= 4 is 34.9 Å². The summed E-state index contributed by atoms with van der Waals surface area (Å²) in [5, 5.41) is 3.38. The van der Waals surface area contributed by atoms with Crippen LogP contribution in [-0.4, -0.2) is 28.0 Å². The van der Waals surface area contributed by atoms with Gasteiger partial charge in [0.15, 0.2) is 5.82 Å². The highest BCUT2D eigenvalue weighted by atomic mass is 35.5. The van der Waals surface area contributed by atoms with Gasteiger partial charge in [-0.25, -0.2) is 4.98 Å². The maximum atomic E-state index is 5.68. The fourth-order valence-electron chi connectivity index (χ4n) is 1.01. The third-order valence-corrected chi connectivity index (χ3v) is 2.60. The van der Waals surface area contributed by atoms with Crippen LogP contribution in [0.3, 0.4) is 0 Å². The van der Waals surface area contributed by atoms with E-state index in [0.717, 1.165) is 5.75 Å². The molecule has 0 saturated carbocycles. The number of nitrogen functional groups attached to an aromatic ring is 1. The number of rotatable bonds is 4. The molecule has 1 atom stereocenters. The molecule has 6 heteroatoms. The number of aromatic nitrogens is 2. The summed E-state index contributed by atoms with van der Waals surface area (Å²) in [6, 6.07) is 0.304. The highest BCUT2D eigenvalue weighted by molar-refractivity contribution is 7.98. The predicted molar refractivity (Wildman–Crippen MR) is 62.9 cm³/mol. The van der Waals surface area contributed by atoms with Crippen molar-refractivity contribution in [2.24, 2.45) is 0 Å². The highest BCUT2D eigenvalue weighted by Crippen LogP contribution is 2.17. The Morgan fingerprint density at radius 3 is 3.07 bits per heavy atom. The van der Waals surface area contributed by atoms with Crippen LogP contribution in [0.15, 0.2) is 6.20 Å². The highest BCUT2D eigenvalue weighted by Gasteiger charge is 2.06. The minimum Gasteiger partial charge on any atom is -0.394 e. The second kappa shape index (κ2) is 5.26. The Kier molecular flexibility index (Phi) is 4.28. The van der Waals surface area contributed by atoms with E-state index in [9.17, 15) is 0 Å². The van der Waals surface area contributed by atoms with Gasteiger partial charge in [-0.05, 0) is 24.8 Å². The molecule has 0 bridgehead atoms. The summed E-state index contributed by atoms with van der Waals surface area (Å²) < 4.78 is 0. The standard InChI is InChI=1S/C8H13ClN4S/c1-5(4-14-2)12-7-6(10)3-11-8(9)13-7/h3,5H,4,10H2,1-2H3,(H,11,12,13). The van der Waals surface area contributed by atoms with Gasteiger partial charge >= 0.3 is 0 Å². The first kappa shape index (κ1) is 11.4. The molecule has 1 unspecified atom stereocenters. The van der Waals surface area contributed by atoms with Gasteiger partial charge in [0, 0.05) is 11.8 Å². The minimum absolute atomic E-state index is 0.207. The Morgan fingerprint density at radius 1 is 1.71 bits per heavy atom. The Balaban J connectivity index is 2.70. The van der Waals surface area contributed by atoms with Crippen LogP contribution >= 0.6 is 23.4 Å². The molecule has 78 valence electrons. The third-order valence-electron chi connectivity index (χ3n) is 1.59. The van der Waals surface area contributed by atoms with Gasteiger partial charge in [0.05, 0.1) is 11.9 Å². The summed E-state index contributed by atoms with van der Waals surface area (Å²) in [5.41, 5.74) is 6.20. The summed E-state index contributed by atoms with van der Waals surface area (Å²) >= 11 is 7.41. The molecule has 0 aliphatic carbocycles. The van der Waals surface area contributed by atoms with E-state index in [0.29, 0.717) is 17.5 Å². The largest absolute Gasteiger partial charge is 0.394 e. The first-order valence-corrected chi connectivity index (χ1v) is 5.94. The first-order chi connectivity index (χ1) is 6.63. The molecule has 0 aliphatic heterocycles. The van der Waals surface area contributed by atoms with Crippen LogP contribution in [0.5, 0.6) is 0 Å². The van der Waals surface area contributed by atoms with Crippen molar-refractivity contribution in [3.8, 4) is 0 Å². The van der Waals surface area contributed by atoms with Crippen molar-refractivity contribution in [3.05, 3.63) is 11.5 Å².